The monoisotopic (exact) mass is 196 g/mol. The van der Waals surface area contributed by atoms with Crippen LogP contribution in [0.2, 0.25) is 0 Å². The van der Waals surface area contributed by atoms with Gasteiger partial charge in [-0.3, -0.25) is 0 Å². The SMILES string of the molecule is CC1=CC2SC2(O)C(C(C)(C)C)=C1. The zero-order valence-corrected chi connectivity index (χ0v) is 9.40. The summed E-state index contributed by atoms with van der Waals surface area (Å²) in [5.41, 5.74) is 2.53. The average Bonchev–Trinajstić information content (AvgIpc) is 2.56. The maximum atomic E-state index is 10.2. The Hall–Kier alpha value is -0.210. The lowest BCUT2D eigenvalue weighted by Gasteiger charge is -2.29. The Morgan fingerprint density at radius 2 is 2.08 bits per heavy atom. The highest BCUT2D eigenvalue weighted by molar-refractivity contribution is 8.08. The molecule has 0 aromatic carbocycles. The first-order chi connectivity index (χ1) is 5.84. The van der Waals surface area contributed by atoms with Gasteiger partial charge in [0, 0.05) is 0 Å². The first kappa shape index (κ1) is 9.35. The first-order valence-corrected chi connectivity index (χ1v) is 5.53. The van der Waals surface area contributed by atoms with Crippen molar-refractivity contribution in [1.82, 2.24) is 0 Å². The molecule has 0 saturated carbocycles. The number of thioether (sulfide) groups is 1. The minimum Gasteiger partial charge on any atom is -0.374 e. The van der Waals surface area contributed by atoms with Gasteiger partial charge < -0.3 is 5.11 Å². The van der Waals surface area contributed by atoms with Crippen LogP contribution in [0.4, 0.5) is 0 Å². The van der Waals surface area contributed by atoms with Crippen LogP contribution in [0.15, 0.2) is 23.3 Å². The van der Waals surface area contributed by atoms with Gasteiger partial charge in [-0.1, -0.05) is 38.5 Å². The van der Waals surface area contributed by atoms with Gasteiger partial charge >= 0.3 is 0 Å². The fourth-order valence-electron chi connectivity index (χ4n) is 1.90. The van der Waals surface area contributed by atoms with E-state index < -0.39 is 4.93 Å². The minimum atomic E-state index is -0.572. The molecule has 2 unspecified atom stereocenters. The van der Waals surface area contributed by atoms with Crippen molar-refractivity contribution >= 4 is 11.8 Å². The van der Waals surface area contributed by atoms with E-state index in [0.29, 0.717) is 5.25 Å². The van der Waals surface area contributed by atoms with Crippen molar-refractivity contribution in [1.29, 1.82) is 0 Å². The Morgan fingerprint density at radius 1 is 1.46 bits per heavy atom. The van der Waals surface area contributed by atoms with E-state index in [4.69, 9.17) is 0 Å². The van der Waals surface area contributed by atoms with Crippen molar-refractivity contribution in [2.75, 3.05) is 0 Å². The third kappa shape index (κ3) is 1.36. The van der Waals surface area contributed by atoms with Gasteiger partial charge in [-0.2, -0.15) is 0 Å². The zero-order valence-electron chi connectivity index (χ0n) is 8.59. The lowest BCUT2D eigenvalue weighted by Crippen LogP contribution is -2.28. The zero-order chi connectivity index (χ0) is 9.85. The van der Waals surface area contributed by atoms with Crippen LogP contribution in [0.3, 0.4) is 0 Å². The van der Waals surface area contributed by atoms with E-state index in [9.17, 15) is 5.11 Å². The summed E-state index contributed by atoms with van der Waals surface area (Å²) in [5, 5.41) is 10.5. The van der Waals surface area contributed by atoms with Gasteiger partial charge in [0.05, 0.1) is 5.25 Å². The molecule has 0 aromatic rings. The van der Waals surface area contributed by atoms with E-state index in [2.05, 4.69) is 39.8 Å². The number of rotatable bonds is 0. The summed E-state index contributed by atoms with van der Waals surface area (Å²) < 4.78 is 0. The maximum absolute atomic E-state index is 10.2. The Balaban J connectivity index is 2.41. The highest BCUT2D eigenvalue weighted by atomic mass is 32.2. The third-order valence-electron chi connectivity index (χ3n) is 2.62. The molecule has 0 aromatic heterocycles. The molecule has 0 bridgehead atoms. The van der Waals surface area contributed by atoms with Crippen LogP contribution in [0.1, 0.15) is 27.7 Å². The van der Waals surface area contributed by atoms with Gasteiger partial charge in [0.1, 0.15) is 4.93 Å². The van der Waals surface area contributed by atoms with Crippen LogP contribution < -0.4 is 0 Å². The Labute approximate surface area is 83.9 Å². The minimum absolute atomic E-state index is 0.0754. The topological polar surface area (TPSA) is 20.2 Å². The lowest BCUT2D eigenvalue weighted by molar-refractivity contribution is 0.188. The number of hydrogen-bond donors (Lipinski definition) is 1. The summed E-state index contributed by atoms with van der Waals surface area (Å²) in [6, 6.07) is 0. The summed E-state index contributed by atoms with van der Waals surface area (Å²) in [5.74, 6) is 0. The van der Waals surface area contributed by atoms with E-state index >= 15 is 0 Å². The van der Waals surface area contributed by atoms with Gasteiger partial charge in [0.15, 0.2) is 0 Å². The van der Waals surface area contributed by atoms with Crippen molar-refractivity contribution < 1.29 is 5.11 Å². The first-order valence-electron chi connectivity index (χ1n) is 4.65. The molecule has 2 aliphatic rings. The fraction of sp³-hybridized carbons (Fsp3) is 0.636. The van der Waals surface area contributed by atoms with Gasteiger partial charge in [0.25, 0.3) is 0 Å². The largest absolute Gasteiger partial charge is 0.374 e. The van der Waals surface area contributed by atoms with Crippen LogP contribution >= 0.6 is 11.8 Å². The highest BCUT2D eigenvalue weighted by Gasteiger charge is 2.59. The van der Waals surface area contributed by atoms with E-state index in [1.165, 1.54) is 11.1 Å². The number of allylic oxidation sites excluding steroid dienone is 2. The molecule has 0 amide bonds. The van der Waals surface area contributed by atoms with Crippen molar-refractivity contribution in [3.05, 3.63) is 23.3 Å². The van der Waals surface area contributed by atoms with Gasteiger partial charge in [0.2, 0.25) is 0 Å². The molecule has 1 N–H and O–H groups in total. The molecule has 2 atom stereocenters. The van der Waals surface area contributed by atoms with Crippen LogP contribution in [0, 0.1) is 5.41 Å². The molecule has 1 aliphatic carbocycles. The Bertz CT molecular complexity index is 309. The van der Waals surface area contributed by atoms with Crippen molar-refractivity contribution in [2.24, 2.45) is 5.41 Å². The van der Waals surface area contributed by atoms with Gasteiger partial charge in [-0.15, -0.1) is 11.8 Å². The second kappa shape index (κ2) is 2.43. The smallest absolute Gasteiger partial charge is 0.149 e. The second-order valence-corrected chi connectivity index (χ2v) is 6.32. The standard InChI is InChI=1S/C11H16OS/c1-7-5-8(10(2,3)4)11(12)9(6-7)13-11/h5-6,9,12H,1-4H3. The van der Waals surface area contributed by atoms with E-state index in [0.717, 1.165) is 0 Å². The van der Waals surface area contributed by atoms with E-state index in [1.54, 1.807) is 11.8 Å². The molecular formula is C11H16OS. The summed E-state index contributed by atoms with van der Waals surface area (Å²) in [4.78, 5) is -0.572. The normalized spacial score (nSPS) is 37.8. The van der Waals surface area contributed by atoms with E-state index in [-0.39, 0.29) is 5.41 Å². The van der Waals surface area contributed by atoms with E-state index in [1.807, 2.05) is 0 Å². The molecular weight excluding hydrogens is 180 g/mol. The molecule has 0 spiro atoms. The molecule has 1 saturated heterocycles. The summed E-state index contributed by atoms with van der Waals surface area (Å²) in [7, 11) is 0. The molecule has 2 rings (SSSR count). The van der Waals surface area contributed by atoms with Crippen LogP contribution in [-0.2, 0) is 0 Å². The predicted octanol–water partition coefficient (Wildman–Crippen LogP) is 2.72. The molecule has 1 fully saturated rings. The molecule has 1 aliphatic heterocycles. The number of aliphatic hydroxyl groups is 1. The molecule has 1 heterocycles. The van der Waals surface area contributed by atoms with Gasteiger partial charge in [-0.05, 0) is 17.9 Å². The van der Waals surface area contributed by atoms with Crippen molar-refractivity contribution in [3.63, 3.8) is 0 Å². The van der Waals surface area contributed by atoms with Crippen molar-refractivity contribution in [2.45, 2.75) is 37.9 Å². The molecule has 13 heavy (non-hydrogen) atoms. The van der Waals surface area contributed by atoms with Crippen LogP contribution in [-0.4, -0.2) is 15.3 Å². The third-order valence-corrected chi connectivity index (χ3v) is 3.93. The summed E-state index contributed by atoms with van der Waals surface area (Å²) >= 11 is 1.65. The number of hydrogen-bond acceptors (Lipinski definition) is 2. The van der Waals surface area contributed by atoms with Crippen LogP contribution in [0.25, 0.3) is 0 Å². The fourth-order valence-corrected chi connectivity index (χ4v) is 3.18. The second-order valence-electron chi connectivity index (χ2n) is 4.95. The molecule has 1 nitrogen and oxygen atoms in total. The highest BCUT2D eigenvalue weighted by Crippen LogP contribution is 2.62. The molecule has 0 radical (unpaired) electrons. The van der Waals surface area contributed by atoms with Gasteiger partial charge in [-0.25, -0.2) is 0 Å². The number of fused-ring (bicyclic) bond motifs is 1. The van der Waals surface area contributed by atoms with Crippen LogP contribution in [0.5, 0.6) is 0 Å². The summed E-state index contributed by atoms with van der Waals surface area (Å²) in [6.45, 7) is 8.58. The molecule has 2 heteroatoms. The van der Waals surface area contributed by atoms with Crippen molar-refractivity contribution in [3.8, 4) is 0 Å². The predicted molar refractivity (Wildman–Crippen MR) is 57.6 cm³/mol. The average molecular weight is 196 g/mol. The Morgan fingerprint density at radius 3 is 2.62 bits per heavy atom. The maximum Gasteiger partial charge on any atom is 0.149 e. The lowest BCUT2D eigenvalue weighted by atomic mass is 9.79. The summed E-state index contributed by atoms with van der Waals surface area (Å²) in [6.07, 6.45) is 4.29. The Kier molecular flexibility index (Phi) is 1.74. The quantitative estimate of drug-likeness (QED) is 0.601. The molecule has 72 valence electrons.